The number of likely N-dealkylation sites (tertiary alicyclic amines) is 1. The van der Waals surface area contributed by atoms with Gasteiger partial charge < -0.3 is 5.32 Å². The van der Waals surface area contributed by atoms with Crippen molar-refractivity contribution in [3.63, 3.8) is 0 Å². The number of fused-ring (bicyclic) bond motifs is 1. The van der Waals surface area contributed by atoms with Crippen molar-refractivity contribution in [3.05, 3.63) is 35.4 Å². The van der Waals surface area contributed by atoms with E-state index < -0.39 is 0 Å². The summed E-state index contributed by atoms with van der Waals surface area (Å²) >= 11 is 0. The molecule has 0 aromatic heterocycles. The molecule has 1 aromatic rings. The largest absolute Gasteiger partial charge is 0.310 e. The first-order chi connectivity index (χ1) is 10.2. The lowest BCUT2D eigenvalue weighted by molar-refractivity contribution is 0.106. The molecule has 2 atom stereocenters. The van der Waals surface area contributed by atoms with Gasteiger partial charge in [0.25, 0.3) is 0 Å². The second-order valence-electron chi connectivity index (χ2n) is 7.23. The number of benzene rings is 1. The molecule has 0 bridgehead atoms. The van der Waals surface area contributed by atoms with Gasteiger partial charge in [-0.05, 0) is 49.3 Å². The lowest BCUT2D eigenvalue weighted by Crippen LogP contribution is -2.41. The normalized spacial score (nSPS) is 26.2. The molecule has 0 amide bonds. The van der Waals surface area contributed by atoms with E-state index in [1.807, 2.05) is 0 Å². The highest BCUT2D eigenvalue weighted by Crippen LogP contribution is 2.37. The number of piperidine rings is 1. The van der Waals surface area contributed by atoms with E-state index in [1.54, 1.807) is 0 Å². The molecule has 1 aliphatic heterocycles. The van der Waals surface area contributed by atoms with Gasteiger partial charge in [-0.3, -0.25) is 4.90 Å². The highest BCUT2D eigenvalue weighted by Gasteiger charge is 2.34. The van der Waals surface area contributed by atoms with E-state index >= 15 is 0 Å². The third-order valence-electron chi connectivity index (χ3n) is 5.20. The molecule has 0 radical (unpaired) electrons. The molecule has 2 nitrogen and oxygen atoms in total. The maximum Gasteiger partial charge on any atom is 0.0236 e. The molecule has 1 saturated heterocycles. The second kappa shape index (κ2) is 6.93. The standard InChI is InChI=1S/C19H30N2/c1-15(2)20-13-16-6-3-7-17(12-16)14-21-11-5-9-18-8-4-10-19(18)21/h3,6-7,12,15,18-20H,4-5,8-11,13-14H2,1-2H3. The molecule has 1 heterocycles. The summed E-state index contributed by atoms with van der Waals surface area (Å²) in [6, 6.07) is 10.6. The number of hydrogen-bond acceptors (Lipinski definition) is 2. The fraction of sp³-hybridized carbons (Fsp3) is 0.684. The van der Waals surface area contributed by atoms with Crippen LogP contribution >= 0.6 is 0 Å². The predicted molar refractivity (Wildman–Crippen MR) is 89.2 cm³/mol. The molecular weight excluding hydrogens is 256 g/mol. The third-order valence-corrected chi connectivity index (χ3v) is 5.20. The van der Waals surface area contributed by atoms with Crippen molar-refractivity contribution in [1.82, 2.24) is 10.2 Å². The highest BCUT2D eigenvalue weighted by molar-refractivity contribution is 5.23. The summed E-state index contributed by atoms with van der Waals surface area (Å²) in [7, 11) is 0. The van der Waals surface area contributed by atoms with Gasteiger partial charge in [-0.2, -0.15) is 0 Å². The number of rotatable bonds is 5. The lowest BCUT2D eigenvalue weighted by Gasteiger charge is -2.37. The first-order valence-electron chi connectivity index (χ1n) is 8.77. The minimum absolute atomic E-state index is 0.551. The Morgan fingerprint density at radius 2 is 1.95 bits per heavy atom. The van der Waals surface area contributed by atoms with Gasteiger partial charge in [0.15, 0.2) is 0 Å². The topological polar surface area (TPSA) is 15.3 Å². The van der Waals surface area contributed by atoms with E-state index in [-0.39, 0.29) is 0 Å². The average Bonchev–Trinajstić information content (AvgIpc) is 2.95. The number of hydrogen-bond donors (Lipinski definition) is 1. The van der Waals surface area contributed by atoms with E-state index in [0.717, 1.165) is 25.0 Å². The maximum atomic E-state index is 3.52. The molecule has 1 saturated carbocycles. The van der Waals surface area contributed by atoms with Crippen molar-refractivity contribution in [2.45, 2.75) is 71.1 Å². The minimum Gasteiger partial charge on any atom is -0.310 e. The van der Waals surface area contributed by atoms with E-state index in [4.69, 9.17) is 0 Å². The van der Waals surface area contributed by atoms with Gasteiger partial charge in [-0.25, -0.2) is 0 Å². The van der Waals surface area contributed by atoms with Crippen molar-refractivity contribution < 1.29 is 0 Å². The Kier molecular flexibility index (Phi) is 4.97. The van der Waals surface area contributed by atoms with Crippen LogP contribution in [0.3, 0.4) is 0 Å². The Hall–Kier alpha value is -0.860. The zero-order valence-corrected chi connectivity index (χ0v) is 13.6. The second-order valence-corrected chi connectivity index (χ2v) is 7.23. The average molecular weight is 286 g/mol. The van der Waals surface area contributed by atoms with Crippen LogP contribution in [-0.2, 0) is 13.1 Å². The van der Waals surface area contributed by atoms with Crippen LogP contribution in [0, 0.1) is 5.92 Å². The summed E-state index contributed by atoms with van der Waals surface area (Å²) in [5, 5.41) is 3.52. The summed E-state index contributed by atoms with van der Waals surface area (Å²) < 4.78 is 0. The highest BCUT2D eigenvalue weighted by atomic mass is 15.2. The summed E-state index contributed by atoms with van der Waals surface area (Å²) in [4.78, 5) is 2.76. The van der Waals surface area contributed by atoms with Crippen molar-refractivity contribution in [3.8, 4) is 0 Å². The molecule has 3 rings (SSSR count). The van der Waals surface area contributed by atoms with Gasteiger partial charge in [0, 0.05) is 25.2 Å². The maximum absolute atomic E-state index is 3.52. The van der Waals surface area contributed by atoms with Crippen LogP contribution in [0.25, 0.3) is 0 Å². The Morgan fingerprint density at radius 1 is 1.14 bits per heavy atom. The Morgan fingerprint density at radius 3 is 2.81 bits per heavy atom. The van der Waals surface area contributed by atoms with Crippen LogP contribution < -0.4 is 5.32 Å². The molecule has 2 heteroatoms. The van der Waals surface area contributed by atoms with Crippen LogP contribution in [0.15, 0.2) is 24.3 Å². The molecular formula is C19H30N2. The zero-order chi connectivity index (χ0) is 14.7. The van der Waals surface area contributed by atoms with E-state index in [0.29, 0.717) is 6.04 Å². The monoisotopic (exact) mass is 286 g/mol. The number of nitrogens with one attached hydrogen (secondary N) is 1. The Bertz CT molecular complexity index is 455. The summed E-state index contributed by atoms with van der Waals surface area (Å²) in [5.41, 5.74) is 2.91. The van der Waals surface area contributed by atoms with Crippen molar-refractivity contribution in [2.24, 2.45) is 5.92 Å². The van der Waals surface area contributed by atoms with E-state index in [1.165, 1.54) is 49.8 Å². The van der Waals surface area contributed by atoms with Crippen LogP contribution in [0.5, 0.6) is 0 Å². The molecule has 1 aliphatic carbocycles. The summed E-state index contributed by atoms with van der Waals surface area (Å²) in [6.07, 6.45) is 7.22. The van der Waals surface area contributed by atoms with Crippen LogP contribution in [0.4, 0.5) is 0 Å². The van der Waals surface area contributed by atoms with Crippen molar-refractivity contribution >= 4 is 0 Å². The van der Waals surface area contributed by atoms with Gasteiger partial charge in [0.05, 0.1) is 0 Å². The van der Waals surface area contributed by atoms with Gasteiger partial charge in [-0.15, -0.1) is 0 Å². The minimum atomic E-state index is 0.551. The number of nitrogens with zero attached hydrogens (tertiary/aromatic N) is 1. The molecule has 21 heavy (non-hydrogen) atoms. The predicted octanol–water partition coefficient (Wildman–Crippen LogP) is 3.95. The van der Waals surface area contributed by atoms with E-state index in [2.05, 4.69) is 48.3 Å². The first kappa shape index (κ1) is 15.1. The molecule has 1 N–H and O–H groups in total. The fourth-order valence-corrected chi connectivity index (χ4v) is 4.15. The molecule has 2 fully saturated rings. The van der Waals surface area contributed by atoms with Gasteiger partial charge in [0.2, 0.25) is 0 Å². The van der Waals surface area contributed by atoms with Crippen LogP contribution in [0.1, 0.15) is 57.1 Å². The Labute approximate surface area is 129 Å². The smallest absolute Gasteiger partial charge is 0.0236 e. The third kappa shape index (κ3) is 3.87. The first-order valence-corrected chi connectivity index (χ1v) is 8.77. The van der Waals surface area contributed by atoms with Gasteiger partial charge in [-0.1, -0.05) is 44.5 Å². The quantitative estimate of drug-likeness (QED) is 0.881. The summed E-state index contributed by atoms with van der Waals surface area (Å²) in [5.74, 6) is 0.990. The molecule has 2 unspecified atom stereocenters. The van der Waals surface area contributed by atoms with Crippen molar-refractivity contribution in [1.29, 1.82) is 0 Å². The summed E-state index contributed by atoms with van der Waals surface area (Å²) in [6.45, 7) is 7.85. The van der Waals surface area contributed by atoms with E-state index in [9.17, 15) is 0 Å². The Balaban J connectivity index is 1.62. The lowest BCUT2D eigenvalue weighted by atomic mass is 9.91. The SMILES string of the molecule is CC(C)NCc1cccc(CN2CCCC3CCCC32)c1. The molecule has 116 valence electrons. The van der Waals surface area contributed by atoms with Gasteiger partial charge in [0.1, 0.15) is 0 Å². The van der Waals surface area contributed by atoms with Crippen LogP contribution in [0.2, 0.25) is 0 Å². The van der Waals surface area contributed by atoms with Crippen molar-refractivity contribution in [2.75, 3.05) is 6.54 Å². The molecule has 0 spiro atoms. The van der Waals surface area contributed by atoms with Gasteiger partial charge >= 0.3 is 0 Å². The molecule has 2 aliphatic rings. The van der Waals surface area contributed by atoms with Crippen LogP contribution in [-0.4, -0.2) is 23.5 Å². The zero-order valence-electron chi connectivity index (χ0n) is 13.6. The molecule has 1 aromatic carbocycles. The fourth-order valence-electron chi connectivity index (χ4n) is 4.15.